The Morgan fingerprint density at radius 3 is 2.27 bits per heavy atom. The van der Waals surface area contributed by atoms with Crippen LogP contribution in [0.15, 0.2) is 0 Å². The second kappa shape index (κ2) is 5.52. The zero-order valence-electron chi connectivity index (χ0n) is 6.55. The van der Waals surface area contributed by atoms with Gasteiger partial charge in [-0.3, -0.25) is 0 Å². The topological polar surface area (TPSA) is 68.6 Å². The fraction of sp³-hybridized carbons (Fsp3) is 0.667. The fourth-order valence-electron chi connectivity index (χ4n) is 0.384. The molecule has 0 aliphatic carbocycles. The molecule has 5 nitrogen and oxygen atoms in total. The van der Waals surface area contributed by atoms with Gasteiger partial charge in [-0.25, -0.2) is 10.2 Å². The van der Waals surface area contributed by atoms with Gasteiger partial charge in [-0.05, 0) is 13.8 Å². The van der Waals surface area contributed by atoms with E-state index in [0.717, 1.165) is 0 Å². The first-order valence-electron chi connectivity index (χ1n) is 3.26. The van der Waals surface area contributed by atoms with Crippen LogP contribution in [0.4, 0.5) is 4.79 Å². The van der Waals surface area contributed by atoms with Gasteiger partial charge in [0.25, 0.3) is 0 Å². The Morgan fingerprint density at radius 2 is 1.82 bits per heavy atom. The summed E-state index contributed by atoms with van der Waals surface area (Å²) in [6.45, 7) is 3.84. The van der Waals surface area contributed by atoms with Crippen molar-refractivity contribution in [3.63, 3.8) is 0 Å². The molecule has 64 valence electrons. The minimum absolute atomic E-state index is 0.220. The van der Waals surface area contributed by atoms with Crippen molar-refractivity contribution in [2.75, 3.05) is 13.2 Å². The van der Waals surface area contributed by atoms with E-state index in [2.05, 4.69) is 14.2 Å². The molecule has 0 amide bonds. The second-order valence-corrected chi connectivity index (χ2v) is 1.51. The first-order chi connectivity index (χ1) is 5.20. The molecular weight excluding hydrogens is 150 g/mol. The molecule has 0 unspecified atom stereocenters. The monoisotopic (exact) mass is 161 g/mol. The van der Waals surface area contributed by atoms with Gasteiger partial charge < -0.3 is 14.2 Å². The van der Waals surface area contributed by atoms with Crippen LogP contribution in [0.1, 0.15) is 13.8 Å². The standard InChI is InChI=1S/C6H11NO4/c1-3-9-5(7)11-6(8)10-4-2/h7H,3-4H2,1-2H3. The molecule has 0 heterocycles. The molecule has 0 aromatic rings. The second-order valence-electron chi connectivity index (χ2n) is 1.51. The smallest absolute Gasteiger partial charge is 0.451 e. The first kappa shape index (κ1) is 9.74. The normalized spacial score (nSPS) is 8.55. The van der Waals surface area contributed by atoms with E-state index in [1.54, 1.807) is 13.8 Å². The highest BCUT2D eigenvalue weighted by Gasteiger charge is 2.06. The van der Waals surface area contributed by atoms with Gasteiger partial charge in [0.2, 0.25) is 0 Å². The lowest BCUT2D eigenvalue weighted by Gasteiger charge is -2.03. The van der Waals surface area contributed by atoms with Crippen molar-refractivity contribution in [2.45, 2.75) is 13.8 Å². The van der Waals surface area contributed by atoms with Gasteiger partial charge in [-0.15, -0.1) is 0 Å². The zero-order valence-corrected chi connectivity index (χ0v) is 6.55. The van der Waals surface area contributed by atoms with Gasteiger partial charge >= 0.3 is 12.2 Å². The summed E-state index contributed by atoms with van der Waals surface area (Å²) in [7, 11) is 0. The first-order valence-corrected chi connectivity index (χ1v) is 3.26. The third-order valence-electron chi connectivity index (χ3n) is 0.714. The van der Waals surface area contributed by atoms with E-state index in [-0.39, 0.29) is 13.2 Å². The minimum atomic E-state index is -0.911. The summed E-state index contributed by atoms with van der Waals surface area (Å²) in [6, 6.07) is 0. The number of hydrogen-bond donors (Lipinski definition) is 1. The number of hydrogen-bond acceptors (Lipinski definition) is 5. The van der Waals surface area contributed by atoms with E-state index in [0.29, 0.717) is 0 Å². The van der Waals surface area contributed by atoms with Crippen molar-refractivity contribution >= 4 is 12.2 Å². The van der Waals surface area contributed by atoms with E-state index >= 15 is 0 Å². The van der Waals surface area contributed by atoms with Crippen LogP contribution >= 0.6 is 0 Å². The average molecular weight is 161 g/mol. The predicted molar refractivity (Wildman–Crippen MR) is 37.5 cm³/mol. The summed E-state index contributed by atoms with van der Waals surface area (Å²) in [4.78, 5) is 10.5. The van der Waals surface area contributed by atoms with Crippen LogP contribution in [0.5, 0.6) is 0 Å². The summed E-state index contributed by atoms with van der Waals surface area (Å²) in [5, 5.41) is 6.85. The lowest BCUT2D eigenvalue weighted by molar-refractivity contribution is 0.0820. The maximum absolute atomic E-state index is 10.5. The van der Waals surface area contributed by atoms with Crippen LogP contribution in [-0.4, -0.2) is 25.5 Å². The van der Waals surface area contributed by atoms with Crippen molar-refractivity contribution in [1.29, 1.82) is 5.41 Å². The lowest BCUT2D eigenvalue weighted by atomic mass is 10.9. The van der Waals surface area contributed by atoms with Crippen LogP contribution in [0.2, 0.25) is 0 Å². The van der Waals surface area contributed by atoms with Crippen molar-refractivity contribution in [3.8, 4) is 0 Å². The Morgan fingerprint density at radius 1 is 1.27 bits per heavy atom. The Kier molecular flexibility index (Phi) is 4.89. The molecule has 0 aromatic carbocycles. The van der Waals surface area contributed by atoms with E-state index in [1.165, 1.54) is 0 Å². The van der Waals surface area contributed by atoms with Gasteiger partial charge in [0.05, 0.1) is 13.2 Å². The Balaban J connectivity index is 3.49. The molecule has 0 rings (SSSR count). The molecule has 5 heteroatoms. The molecule has 1 N–H and O–H groups in total. The van der Waals surface area contributed by atoms with Crippen molar-refractivity contribution in [3.05, 3.63) is 0 Å². The molecule has 0 atom stereocenters. The van der Waals surface area contributed by atoms with Gasteiger partial charge in [-0.1, -0.05) is 0 Å². The maximum Gasteiger partial charge on any atom is 0.517 e. The zero-order chi connectivity index (χ0) is 8.69. The largest absolute Gasteiger partial charge is 0.517 e. The highest BCUT2D eigenvalue weighted by Crippen LogP contribution is 1.87. The van der Waals surface area contributed by atoms with Crippen molar-refractivity contribution < 1.29 is 19.0 Å². The SMILES string of the molecule is CCOC(=N)OC(=O)OCC. The van der Waals surface area contributed by atoms with Crippen LogP contribution in [0.3, 0.4) is 0 Å². The highest BCUT2D eigenvalue weighted by molar-refractivity contribution is 5.78. The number of rotatable bonds is 2. The van der Waals surface area contributed by atoms with E-state index in [9.17, 15) is 4.79 Å². The average Bonchev–Trinajstić information content (AvgIpc) is 1.87. The third-order valence-corrected chi connectivity index (χ3v) is 0.714. The van der Waals surface area contributed by atoms with Crippen molar-refractivity contribution in [2.24, 2.45) is 0 Å². The Labute approximate surface area is 64.8 Å². The summed E-state index contributed by atoms with van der Waals surface area (Å²) in [5.41, 5.74) is 0. The molecule has 0 saturated heterocycles. The number of carbonyl (C=O) groups excluding carboxylic acids is 1. The molecule has 0 fully saturated rings. The van der Waals surface area contributed by atoms with E-state index in [4.69, 9.17) is 5.41 Å². The van der Waals surface area contributed by atoms with Crippen LogP contribution in [-0.2, 0) is 14.2 Å². The van der Waals surface area contributed by atoms with Gasteiger partial charge in [-0.2, -0.15) is 0 Å². The summed E-state index contributed by atoms with van der Waals surface area (Å²) < 4.78 is 13.1. The number of carbonyl (C=O) groups is 1. The number of nitrogens with one attached hydrogen (secondary N) is 1. The third kappa shape index (κ3) is 5.20. The van der Waals surface area contributed by atoms with E-state index < -0.39 is 12.2 Å². The Bertz CT molecular complexity index is 130. The molecule has 0 aromatic heterocycles. The molecule has 0 bridgehead atoms. The molecule has 0 saturated carbocycles. The quantitative estimate of drug-likeness (QED) is 0.374. The van der Waals surface area contributed by atoms with Gasteiger partial charge in [0.1, 0.15) is 0 Å². The predicted octanol–water partition coefficient (Wildman–Crippen LogP) is 1.13. The van der Waals surface area contributed by atoms with Crippen LogP contribution in [0.25, 0.3) is 0 Å². The minimum Gasteiger partial charge on any atom is -0.451 e. The Hall–Kier alpha value is -1.26. The van der Waals surface area contributed by atoms with Gasteiger partial charge in [0.15, 0.2) is 0 Å². The lowest BCUT2D eigenvalue weighted by Crippen LogP contribution is -2.15. The van der Waals surface area contributed by atoms with Crippen LogP contribution < -0.4 is 0 Å². The molecule has 0 aliphatic rings. The molecule has 0 spiro atoms. The molecule has 0 aliphatic heterocycles. The molecular formula is C6H11NO4. The van der Waals surface area contributed by atoms with Crippen LogP contribution in [0, 0.1) is 5.41 Å². The summed E-state index contributed by atoms with van der Waals surface area (Å²) >= 11 is 0. The molecule has 11 heavy (non-hydrogen) atoms. The van der Waals surface area contributed by atoms with Gasteiger partial charge in [0, 0.05) is 0 Å². The van der Waals surface area contributed by atoms with E-state index in [1.807, 2.05) is 0 Å². The van der Waals surface area contributed by atoms with Crippen molar-refractivity contribution in [1.82, 2.24) is 0 Å². The fourth-order valence-corrected chi connectivity index (χ4v) is 0.384. The highest BCUT2D eigenvalue weighted by atomic mass is 16.8. The number of ether oxygens (including phenoxy) is 3. The summed E-state index contributed by atoms with van der Waals surface area (Å²) in [5.74, 6) is 0. The maximum atomic E-state index is 10.5. The molecule has 0 radical (unpaired) electrons. The summed E-state index contributed by atoms with van der Waals surface area (Å²) in [6.07, 6.45) is -1.45.